The number of hydrogen-bond donors (Lipinski definition) is 0. The number of para-hydroxylation sites is 2. The van der Waals surface area contributed by atoms with E-state index in [4.69, 9.17) is 0 Å². The highest BCUT2D eigenvalue weighted by molar-refractivity contribution is 6.12. The van der Waals surface area contributed by atoms with E-state index >= 15 is 0 Å². The number of anilines is 6. The Balaban J connectivity index is 0.844. The molecule has 0 bridgehead atoms. The second-order valence-corrected chi connectivity index (χ2v) is 19.9. The van der Waals surface area contributed by atoms with Gasteiger partial charge >= 0.3 is 0 Å². The lowest BCUT2D eigenvalue weighted by Crippen LogP contribution is -2.10. The number of nitrogens with zero attached hydrogens (tertiary/aromatic N) is 4. The van der Waals surface area contributed by atoms with E-state index in [1.807, 2.05) is 81.9 Å². The first-order chi connectivity index (χ1) is 39.3. The van der Waals surface area contributed by atoms with Crippen LogP contribution in [0.5, 0.6) is 0 Å². The van der Waals surface area contributed by atoms with Gasteiger partial charge in [-0.2, -0.15) is 0 Å². The SMILES string of the molecule is Fc1ccc(-n2c3ccccc3c3cc(N(c4ccc(-c5ccccc5)cc4)c4ccc(-c5ccc(N(c6ccc(-c7ccccc7)cc6)c6ccc7c(c6)c6ccccc6n7-c6ccc(F)c(F)c6)cc5)cc4)ccc32)cc1F. The Labute approximate surface area is 459 Å². The minimum absolute atomic E-state index is 0.537. The van der Waals surface area contributed by atoms with Gasteiger partial charge in [0.15, 0.2) is 23.3 Å². The molecule has 0 aliphatic carbocycles. The second kappa shape index (κ2) is 19.8. The average molecular weight is 1040 g/mol. The van der Waals surface area contributed by atoms with Crippen molar-refractivity contribution in [1.29, 1.82) is 0 Å². The predicted molar refractivity (Wildman–Crippen MR) is 321 cm³/mol. The molecule has 0 saturated carbocycles. The molecule has 2 heterocycles. The highest BCUT2D eigenvalue weighted by atomic mass is 19.2. The maximum atomic E-state index is 14.8. The monoisotopic (exact) mass is 1040 g/mol. The highest BCUT2D eigenvalue weighted by Gasteiger charge is 2.21. The van der Waals surface area contributed by atoms with E-state index in [-0.39, 0.29) is 0 Å². The molecule has 0 saturated heterocycles. The van der Waals surface area contributed by atoms with E-state index in [1.165, 1.54) is 24.3 Å². The Morgan fingerprint density at radius 1 is 0.212 bits per heavy atom. The Morgan fingerprint density at radius 2 is 0.500 bits per heavy atom. The maximum Gasteiger partial charge on any atom is 0.160 e. The van der Waals surface area contributed by atoms with Gasteiger partial charge < -0.3 is 18.9 Å². The number of hydrogen-bond acceptors (Lipinski definition) is 2. The summed E-state index contributed by atoms with van der Waals surface area (Å²) in [5.41, 5.74) is 16.8. The Morgan fingerprint density at radius 3 is 0.838 bits per heavy atom. The molecule has 0 radical (unpaired) electrons. The summed E-state index contributed by atoms with van der Waals surface area (Å²) < 4.78 is 61.9. The van der Waals surface area contributed by atoms with Crippen molar-refractivity contribution in [2.45, 2.75) is 0 Å². The molecule has 14 aromatic rings. The van der Waals surface area contributed by atoms with E-state index in [0.29, 0.717) is 11.4 Å². The first-order valence-electron chi connectivity index (χ1n) is 26.4. The van der Waals surface area contributed by atoms with Gasteiger partial charge in [-0.25, -0.2) is 17.6 Å². The lowest BCUT2D eigenvalue weighted by Gasteiger charge is -2.27. The third kappa shape index (κ3) is 8.51. The smallest absolute Gasteiger partial charge is 0.160 e. The molecule has 382 valence electrons. The molecule has 0 atom stereocenters. The molecule has 80 heavy (non-hydrogen) atoms. The van der Waals surface area contributed by atoms with Crippen LogP contribution in [0.2, 0.25) is 0 Å². The Bertz CT molecular complexity index is 4310. The van der Waals surface area contributed by atoms with E-state index in [0.717, 1.165) is 111 Å². The van der Waals surface area contributed by atoms with Crippen molar-refractivity contribution in [2.75, 3.05) is 9.80 Å². The van der Waals surface area contributed by atoms with Crippen LogP contribution in [0.1, 0.15) is 0 Å². The van der Waals surface area contributed by atoms with Crippen LogP contribution in [0.4, 0.5) is 51.7 Å². The maximum absolute atomic E-state index is 14.8. The predicted octanol–water partition coefficient (Wildman–Crippen LogP) is 20.4. The van der Waals surface area contributed by atoms with Gasteiger partial charge in [0, 0.05) is 79.2 Å². The molecule has 0 aliphatic rings. The number of rotatable bonds is 11. The van der Waals surface area contributed by atoms with Crippen molar-refractivity contribution in [3.63, 3.8) is 0 Å². The summed E-state index contributed by atoms with van der Waals surface area (Å²) >= 11 is 0. The van der Waals surface area contributed by atoms with E-state index < -0.39 is 23.3 Å². The summed E-state index contributed by atoms with van der Waals surface area (Å²) in [5, 5.41) is 3.92. The molecule has 4 nitrogen and oxygen atoms in total. The van der Waals surface area contributed by atoms with E-state index in [1.54, 1.807) is 12.1 Å². The molecule has 14 rings (SSSR count). The van der Waals surface area contributed by atoms with E-state index in [2.05, 4.69) is 180 Å². The number of aromatic nitrogens is 2. The fraction of sp³-hybridized carbons (Fsp3) is 0. The molecular formula is C72H46F4N4. The summed E-state index contributed by atoms with van der Waals surface area (Å²) in [6, 6.07) is 91.8. The van der Waals surface area contributed by atoms with Crippen LogP contribution in [-0.2, 0) is 0 Å². The summed E-state index contributed by atoms with van der Waals surface area (Å²) in [7, 11) is 0. The molecule has 0 aliphatic heterocycles. The summed E-state index contributed by atoms with van der Waals surface area (Å²) in [6.07, 6.45) is 0. The van der Waals surface area contributed by atoms with Crippen LogP contribution in [0.15, 0.2) is 279 Å². The van der Waals surface area contributed by atoms with Gasteiger partial charge in [-0.3, -0.25) is 0 Å². The standard InChI is InChI=1S/C72H46F4N4/c73-65-39-35-59(45-67(65)75)79-69-17-9-7-15-61(69)63-43-57(37-41-71(63)79)77(53-27-19-49(20-28-53)47-11-3-1-4-12-47)55-31-23-51(24-32-55)52-25-33-56(34-26-52)78(54-29-21-50(22-30-54)48-13-5-2-6-14-48)58-38-42-72-64(44-58)62-16-8-10-18-70(62)80(72)60-36-40-66(74)68(76)46-60/h1-46H. The summed E-state index contributed by atoms with van der Waals surface area (Å²) in [4.78, 5) is 4.50. The largest absolute Gasteiger partial charge is 0.310 e. The van der Waals surface area contributed by atoms with Gasteiger partial charge in [0.25, 0.3) is 0 Å². The van der Waals surface area contributed by atoms with Crippen molar-refractivity contribution in [1.82, 2.24) is 9.13 Å². The van der Waals surface area contributed by atoms with Crippen LogP contribution >= 0.6 is 0 Å². The van der Waals surface area contributed by atoms with Gasteiger partial charge in [-0.05, 0) is 155 Å². The van der Waals surface area contributed by atoms with Gasteiger partial charge in [-0.15, -0.1) is 0 Å². The van der Waals surface area contributed by atoms with Crippen molar-refractivity contribution < 1.29 is 17.6 Å². The number of fused-ring (bicyclic) bond motifs is 6. The van der Waals surface area contributed by atoms with Gasteiger partial charge in [0.1, 0.15) is 0 Å². The quantitative estimate of drug-likeness (QED) is 0.120. The van der Waals surface area contributed by atoms with Crippen LogP contribution in [0.3, 0.4) is 0 Å². The van der Waals surface area contributed by atoms with Crippen molar-refractivity contribution in [2.24, 2.45) is 0 Å². The van der Waals surface area contributed by atoms with Crippen LogP contribution in [0.25, 0.3) is 88.4 Å². The van der Waals surface area contributed by atoms with Crippen LogP contribution in [-0.4, -0.2) is 9.13 Å². The third-order valence-corrected chi connectivity index (χ3v) is 15.2. The summed E-state index contributed by atoms with van der Waals surface area (Å²) in [5.74, 6) is -3.58. The normalized spacial score (nSPS) is 11.5. The summed E-state index contributed by atoms with van der Waals surface area (Å²) in [6.45, 7) is 0. The lowest BCUT2D eigenvalue weighted by molar-refractivity contribution is 0.508. The zero-order valence-corrected chi connectivity index (χ0v) is 42.9. The van der Waals surface area contributed by atoms with Crippen molar-refractivity contribution >= 4 is 77.7 Å². The minimum atomic E-state index is -0.901. The average Bonchev–Trinajstić information content (AvgIpc) is 4.08. The van der Waals surface area contributed by atoms with Crippen LogP contribution in [0, 0.1) is 23.3 Å². The molecule has 0 spiro atoms. The molecule has 8 heteroatoms. The fourth-order valence-corrected chi connectivity index (χ4v) is 11.4. The van der Waals surface area contributed by atoms with E-state index in [9.17, 15) is 17.6 Å². The molecule has 0 unspecified atom stereocenters. The van der Waals surface area contributed by atoms with Crippen LogP contribution < -0.4 is 9.80 Å². The minimum Gasteiger partial charge on any atom is -0.310 e. The first-order valence-corrected chi connectivity index (χ1v) is 26.4. The molecule has 12 aromatic carbocycles. The molecule has 0 amide bonds. The second-order valence-electron chi connectivity index (χ2n) is 19.9. The van der Waals surface area contributed by atoms with Crippen molar-refractivity contribution in [3.8, 4) is 44.8 Å². The van der Waals surface area contributed by atoms with Crippen molar-refractivity contribution in [3.05, 3.63) is 302 Å². The molecule has 2 aromatic heterocycles. The van der Waals surface area contributed by atoms with Gasteiger partial charge in [0.2, 0.25) is 0 Å². The third-order valence-electron chi connectivity index (χ3n) is 15.2. The molecular weight excluding hydrogens is 997 g/mol. The molecule has 0 fully saturated rings. The molecule has 0 N–H and O–H groups in total. The zero-order valence-electron chi connectivity index (χ0n) is 42.9. The lowest BCUT2D eigenvalue weighted by atomic mass is 10.0. The Kier molecular flexibility index (Phi) is 11.9. The number of halogens is 4. The first kappa shape index (κ1) is 48.0. The number of benzene rings is 12. The Hall–Kier alpha value is -10.4. The van der Waals surface area contributed by atoms with Gasteiger partial charge in [0.05, 0.1) is 22.1 Å². The zero-order chi connectivity index (χ0) is 53.8. The van der Waals surface area contributed by atoms with Gasteiger partial charge in [-0.1, -0.05) is 146 Å². The highest BCUT2D eigenvalue weighted by Crippen LogP contribution is 2.44. The topological polar surface area (TPSA) is 16.3 Å². The fourth-order valence-electron chi connectivity index (χ4n) is 11.4.